The number of nitrogens with zero attached hydrogens (tertiary/aromatic N) is 3. The first-order valence-corrected chi connectivity index (χ1v) is 14.8. The first-order valence-electron chi connectivity index (χ1n) is 12.2. The Kier molecular flexibility index (Phi) is 8.75. The van der Waals surface area contributed by atoms with Gasteiger partial charge in [0.1, 0.15) is 18.1 Å². The zero-order chi connectivity index (χ0) is 27.3. The molecule has 202 valence electrons. The molecule has 2 aromatic carbocycles. The second kappa shape index (κ2) is 12.0. The van der Waals surface area contributed by atoms with E-state index in [1.54, 1.807) is 32.7 Å². The van der Waals surface area contributed by atoms with Gasteiger partial charge in [0.05, 0.1) is 17.7 Å². The number of ether oxygens (including phenoxy) is 1. The Bertz CT molecular complexity index is 1400. The highest BCUT2D eigenvalue weighted by molar-refractivity contribution is 7.98. The highest BCUT2D eigenvalue weighted by Gasteiger charge is 2.26. The van der Waals surface area contributed by atoms with Crippen molar-refractivity contribution in [1.29, 1.82) is 0 Å². The van der Waals surface area contributed by atoms with E-state index in [0.717, 1.165) is 22.6 Å². The van der Waals surface area contributed by atoms with Gasteiger partial charge in [0.2, 0.25) is 15.9 Å². The number of amides is 2. The molecule has 0 bridgehead atoms. The molecular weight excluding hydrogens is 526 g/mol. The van der Waals surface area contributed by atoms with Gasteiger partial charge in [-0.1, -0.05) is 26.0 Å². The summed E-state index contributed by atoms with van der Waals surface area (Å²) in [6.07, 6.45) is 0. The van der Waals surface area contributed by atoms with E-state index < -0.39 is 15.9 Å². The molecule has 0 radical (unpaired) electrons. The second-order valence-electron chi connectivity index (χ2n) is 8.62. The minimum Gasteiger partial charge on any atom is -0.497 e. The number of hydrogen-bond acceptors (Lipinski definition) is 7. The lowest BCUT2D eigenvalue weighted by molar-refractivity contribution is -0.122. The lowest BCUT2D eigenvalue weighted by atomic mass is 10.2. The van der Waals surface area contributed by atoms with Crippen LogP contribution in [0, 0.1) is 0 Å². The van der Waals surface area contributed by atoms with Crippen LogP contribution < -0.4 is 15.4 Å². The number of rotatable bonds is 11. The third-order valence-corrected chi connectivity index (χ3v) is 9.29. The summed E-state index contributed by atoms with van der Waals surface area (Å²) in [6, 6.07) is 13.3. The third-order valence-electron chi connectivity index (χ3n) is 6.25. The zero-order valence-corrected chi connectivity index (χ0v) is 23.2. The quantitative estimate of drug-likeness (QED) is 0.371. The van der Waals surface area contributed by atoms with Crippen LogP contribution in [0.2, 0.25) is 0 Å². The van der Waals surface area contributed by atoms with Gasteiger partial charge in [-0.2, -0.15) is 21.2 Å². The Morgan fingerprint density at radius 3 is 2.37 bits per heavy atom. The number of carbonyl (C=O) groups excluding carboxylic acids is 2. The molecule has 2 N–H and O–H groups in total. The maximum atomic E-state index is 13.1. The summed E-state index contributed by atoms with van der Waals surface area (Å²) in [6.45, 7) is 4.59. The highest BCUT2D eigenvalue weighted by Crippen LogP contribution is 2.35. The molecule has 38 heavy (non-hydrogen) atoms. The molecule has 1 aromatic heterocycles. The zero-order valence-electron chi connectivity index (χ0n) is 21.6. The van der Waals surface area contributed by atoms with Crippen molar-refractivity contribution in [2.45, 2.75) is 43.3 Å². The van der Waals surface area contributed by atoms with Crippen LogP contribution in [0.25, 0.3) is 0 Å². The fourth-order valence-corrected chi connectivity index (χ4v) is 6.62. The van der Waals surface area contributed by atoms with E-state index in [-0.39, 0.29) is 17.3 Å². The van der Waals surface area contributed by atoms with Crippen LogP contribution in [0.1, 0.15) is 41.0 Å². The fourth-order valence-electron chi connectivity index (χ4n) is 4.13. The average molecular weight is 558 g/mol. The van der Waals surface area contributed by atoms with Crippen molar-refractivity contribution in [3.63, 3.8) is 0 Å². The van der Waals surface area contributed by atoms with Crippen LogP contribution in [0.15, 0.2) is 53.4 Å². The summed E-state index contributed by atoms with van der Waals surface area (Å²) in [4.78, 5) is 25.9. The number of methoxy groups -OCH3 is 1. The van der Waals surface area contributed by atoms with E-state index in [1.165, 1.54) is 33.3 Å². The molecular formula is C26H31N5O5S2. The fraction of sp³-hybridized carbons (Fsp3) is 0.346. The monoisotopic (exact) mass is 557 g/mol. The number of thioether (sulfide) groups is 1. The summed E-state index contributed by atoms with van der Waals surface area (Å²) < 4.78 is 33.5. The van der Waals surface area contributed by atoms with Gasteiger partial charge < -0.3 is 15.4 Å². The SMILES string of the molecule is CCN(CC)S(=O)(=O)c1ccc(C(=O)Nc2c3c(nn2CC(=O)NCc2ccc(OC)cc2)CSC3)cc1. The van der Waals surface area contributed by atoms with Crippen LogP contribution in [0.5, 0.6) is 5.75 Å². The van der Waals surface area contributed by atoms with Crippen molar-refractivity contribution < 1.29 is 22.7 Å². The van der Waals surface area contributed by atoms with Crippen LogP contribution in [0.3, 0.4) is 0 Å². The Hall–Kier alpha value is -3.35. The molecule has 12 heteroatoms. The molecule has 1 aliphatic heterocycles. The van der Waals surface area contributed by atoms with Crippen LogP contribution in [0.4, 0.5) is 5.82 Å². The van der Waals surface area contributed by atoms with Gasteiger partial charge in [-0.25, -0.2) is 13.1 Å². The maximum Gasteiger partial charge on any atom is 0.256 e. The standard InChI is InChI=1S/C26H31N5O5S2/c1-4-30(5-2)38(34,35)21-12-8-19(9-13-21)26(33)28-25-22-16-37-17-23(22)29-31(25)15-24(32)27-14-18-6-10-20(36-3)11-7-18/h6-13H,4-5,14-17H2,1-3H3,(H,27,32)(H,28,33). The van der Waals surface area contributed by atoms with Crippen LogP contribution in [-0.2, 0) is 39.4 Å². The van der Waals surface area contributed by atoms with E-state index in [2.05, 4.69) is 15.7 Å². The molecule has 0 spiro atoms. The van der Waals surface area contributed by atoms with E-state index >= 15 is 0 Å². The number of nitrogens with one attached hydrogen (secondary N) is 2. The summed E-state index contributed by atoms with van der Waals surface area (Å²) in [5, 5.41) is 10.3. The molecule has 1 aliphatic rings. The van der Waals surface area contributed by atoms with Gasteiger partial charge in [-0.3, -0.25) is 9.59 Å². The normalized spacial score (nSPS) is 12.8. The summed E-state index contributed by atoms with van der Waals surface area (Å²) in [5.41, 5.74) is 2.97. The third kappa shape index (κ3) is 6.03. The lowest BCUT2D eigenvalue weighted by Gasteiger charge is -2.18. The summed E-state index contributed by atoms with van der Waals surface area (Å²) in [7, 11) is -2.02. The Morgan fingerprint density at radius 2 is 1.74 bits per heavy atom. The van der Waals surface area contributed by atoms with E-state index in [4.69, 9.17) is 4.74 Å². The number of carbonyl (C=O) groups is 2. The number of fused-ring (bicyclic) bond motifs is 1. The molecule has 0 atom stereocenters. The maximum absolute atomic E-state index is 13.1. The molecule has 4 rings (SSSR count). The first kappa shape index (κ1) is 27.7. The molecule has 2 heterocycles. The van der Waals surface area contributed by atoms with Crippen molar-refractivity contribution in [1.82, 2.24) is 19.4 Å². The molecule has 10 nitrogen and oxygen atoms in total. The lowest BCUT2D eigenvalue weighted by Crippen LogP contribution is -2.30. The number of anilines is 1. The molecule has 0 saturated carbocycles. The predicted octanol–water partition coefficient (Wildman–Crippen LogP) is 3.24. The van der Waals surface area contributed by atoms with Crippen molar-refractivity contribution in [3.05, 3.63) is 70.9 Å². The second-order valence-corrected chi connectivity index (χ2v) is 11.5. The van der Waals surface area contributed by atoms with Crippen LogP contribution in [-0.4, -0.2) is 54.5 Å². The van der Waals surface area contributed by atoms with Crippen molar-refractivity contribution in [2.24, 2.45) is 0 Å². The van der Waals surface area contributed by atoms with E-state index in [9.17, 15) is 18.0 Å². The van der Waals surface area contributed by atoms with Gasteiger partial charge in [0.25, 0.3) is 5.91 Å². The number of sulfonamides is 1. The van der Waals surface area contributed by atoms with Gasteiger partial charge in [0, 0.05) is 42.3 Å². The van der Waals surface area contributed by atoms with Crippen molar-refractivity contribution in [3.8, 4) is 5.75 Å². The number of hydrogen-bond donors (Lipinski definition) is 2. The number of benzene rings is 2. The molecule has 0 fully saturated rings. The summed E-state index contributed by atoms with van der Waals surface area (Å²) >= 11 is 1.69. The van der Waals surface area contributed by atoms with E-state index in [1.807, 2.05) is 24.3 Å². The topological polar surface area (TPSA) is 123 Å². The minimum absolute atomic E-state index is 0.0511. The minimum atomic E-state index is -3.62. The van der Waals surface area contributed by atoms with Gasteiger partial charge in [0.15, 0.2) is 0 Å². The Morgan fingerprint density at radius 1 is 1.05 bits per heavy atom. The highest BCUT2D eigenvalue weighted by atomic mass is 32.2. The molecule has 3 aromatic rings. The van der Waals surface area contributed by atoms with Gasteiger partial charge >= 0.3 is 0 Å². The number of aromatic nitrogens is 2. The summed E-state index contributed by atoms with van der Waals surface area (Å²) in [5.74, 6) is 1.96. The van der Waals surface area contributed by atoms with Crippen molar-refractivity contribution >= 4 is 39.4 Å². The Labute approximate surface area is 226 Å². The first-order chi connectivity index (χ1) is 18.3. The molecule has 0 unspecified atom stereocenters. The largest absolute Gasteiger partial charge is 0.497 e. The van der Waals surface area contributed by atoms with Gasteiger partial charge in [-0.05, 0) is 42.0 Å². The predicted molar refractivity (Wildman–Crippen MR) is 147 cm³/mol. The smallest absolute Gasteiger partial charge is 0.256 e. The Balaban J connectivity index is 1.45. The van der Waals surface area contributed by atoms with Crippen molar-refractivity contribution in [2.75, 3.05) is 25.5 Å². The molecule has 0 saturated heterocycles. The average Bonchev–Trinajstić information content (AvgIpc) is 3.50. The van der Waals surface area contributed by atoms with Gasteiger partial charge in [-0.15, -0.1) is 0 Å². The van der Waals surface area contributed by atoms with Crippen LogP contribution >= 0.6 is 11.8 Å². The molecule has 2 amide bonds. The van der Waals surface area contributed by atoms with E-state index in [0.29, 0.717) is 42.5 Å². The molecule has 0 aliphatic carbocycles.